The molecule has 98 valence electrons. The van der Waals surface area contributed by atoms with Gasteiger partial charge in [0.1, 0.15) is 5.82 Å². The summed E-state index contributed by atoms with van der Waals surface area (Å²) in [6.45, 7) is 3.87. The maximum absolute atomic E-state index is 12.0. The lowest BCUT2D eigenvalue weighted by molar-refractivity contribution is 0.102. The van der Waals surface area contributed by atoms with E-state index in [-0.39, 0.29) is 22.6 Å². The number of anilines is 1. The zero-order valence-electron chi connectivity index (χ0n) is 10.5. The van der Waals surface area contributed by atoms with Crippen LogP contribution in [0.15, 0.2) is 24.7 Å². The van der Waals surface area contributed by atoms with Gasteiger partial charge < -0.3 is 0 Å². The first-order chi connectivity index (χ1) is 9.08. The summed E-state index contributed by atoms with van der Waals surface area (Å²) in [5.74, 6) is 0.411. The number of hydrogen-bond acceptors (Lipinski definition) is 5. The van der Waals surface area contributed by atoms with Gasteiger partial charge in [-0.2, -0.15) is 0 Å². The second-order valence-corrected chi connectivity index (χ2v) is 4.51. The topological polar surface area (TPSA) is 80.7 Å². The molecule has 2 aromatic heterocycles. The third-order valence-corrected chi connectivity index (χ3v) is 2.56. The molecule has 7 heteroatoms. The standard InChI is InChI=1S/C12H12ClN5O/c1-7(2)10-16-6-8(13)9(17-10)11(19)18-12-14-4-3-5-15-12/h3-7H,1-2H3,(H,14,15,18,19). The third kappa shape index (κ3) is 3.23. The molecule has 6 nitrogen and oxygen atoms in total. The molecule has 2 heterocycles. The van der Waals surface area contributed by atoms with Gasteiger partial charge in [-0.25, -0.2) is 19.9 Å². The van der Waals surface area contributed by atoms with Crippen molar-refractivity contribution in [1.82, 2.24) is 19.9 Å². The zero-order valence-corrected chi connectivity index (χ0v) is 11.2. The predicted molar refractivity (Wildman–Crippen MR) is 71.1 cm³/mol. The van der Waals surface area contributed by atoms with E-state index in [1.165, 1.54) is 18.6 Å². The van der Waals surface area contributed by atoms with Crippen LogP contribution in [0.3, 0.4) is 0 Å². The zero-order chi connectivity index (χ0) is 13.8. The van der Waals surface area contributed by atoms with Crippen LogP contribution in [0.1, 0.15) is 36.1 Å². The quantitative estimate of drug-likeness (QED) is 0.931. The van der Waals surface area contributed by atoms with Gasteiger partial charge in [0.05, 0.1) is 11.2 Å². The van der Waals surface area contributed by atoms with Crippen molar-refractivity contribution < 1.29 is 4.79 Å². The van der Waals surface area contributed by atoms with Crippen LogP contribution in [0.2, 0.25) is 5.02 Å². The van der Waals surface area contributed by atoms with E-state index >= 15 is 0 Å². The molecule has 19 heavy (non-hydrogen) atoms. The van der Waals surface area contributed by atoms with Crippen LogP contribution >= 0.6 is 11.6 Å². The Kier molecular flexibility index (Phi) is 4.01. The third-order valence-electron chi connectivity index (χ3n) is 2.29. The van der Waals surface area contributed by atoms with Gasteiger partial charge in [0.25, 0.3) is 5.91 Å². The fraction of sp³-hybridized carbons (Fsp3) is 0.250. The molecule has 2 aromatic rings. The lowest BCUT2D eigenvalue weighted by Gasteiger charge is -2.07. The van der Waals surface area contributed by atoms with Crippen molar-refractivity contribution in [2.24, 2.45) is 0 Å². The summed E-state index contributed by atoms with van der Waals surface area (Å²) in [5, 5.41) is 2.72. The summed E-state index contributed by atoms with van der Waals surface area (Å²) in [4.78, 5) is 28.1. The monoisotopic (exact) mass is 277 g/mol. The molecule has 0 aromatic carbocycles. The minimum absolute atomic E-state index is 0.108. The normalized spacial score (nSPS) is 10.5. The molecule has 0 fully saturated rings. The molecule has 0 radical (unpaired) electrons. The Balaban J connectivity index is 2.26. The summed E-state index contributed by atoms with van der Waals surface area (Å²) >= 11 is 5.94. The molecule has 0 aliphatic rings. The predicted octanol–water partition coefficient (Wildman–Crippen LogP) is 2.30. The van der Waals surface area contributed by atoms with Crippen molar-refractivity contribution in [3.05, 3.63) is 41.2 Å². The summed E-state index contributed by atoms with van der Waals surface area (Å²) < 4.78 is 0. The molecule has 0 saturated heterocycles. The number of halogens is 1. The number of hydrogen-bond donors (Lipinski definition) is 1. The molecule has 1 N–H and O–H groups in total. The molecular formula is C12H12ClN5O. The van der Waals surface area contributed by atoms with Crippen molar-refractivity contribution in [1.29, 1.82) is 0 Å². The lowest BCUT2D eigenvalue weighted by Crippen LogP contribution is -2.17. The molecule has 0 atom stereocenters. The van der Waals surface area contributed by atoms with E-state index in [1.807, 2.05) is 13.8 Å². The van der Waals surface area contributed by atoms with E-state index in [1.54, 1.807) is 6.07 Å². The summed E-state index contributed by atoms with van der Waals surface area (Å²) in [5.41, 5.74) is 0.118. The van der Waals surface area contributed by atoms with Crippen molar-refractivity contribution in [3.8, 4) is 0 Å². The van der Waals surface area contributed by atoms with Crippen LogP contribution in [0.4, 0.5) is 5.95 Å². The van der Waals surface area contributed by atoms with E-state index in [2.05, 4.69) is 25.3 Å². The number of carbonyl (C=O) groups excluding carboxylic acids is 1. The number of rotatable bonds is 3. The lowest BCUT2D eigenvalue weighted by atomic mass is 10.2. The highest BCUT2D eigenvalue weighted by molar-refractivity contribution is 6.33. The average Bonchev–Trinajstić information content (AvgIpc) is 2.40. The maximum Gasteiger partial charge on any atom is 0.278 e. The van der Waals surface area contributed by atoms with Gasteiger partial charge in [-0.3, -0.25) is 10.1 Å². The fourth-order valence-corrected chi connectivity index (χ4v) is 1.52. The highest BCUT2D eigenvalue weighted by Gasteiger charge is 2.16. The smallest absolute Gasteiger partial charge is 0.278 e. The number of nitrogens with one attached hydrogen (secondary N) is 1. The van der Waals surface area contributed by atoms with Crippen molar-refractivity contribution in [2.75, 3.05) is 5.32 Å². The Morgan fingerprint density at radius 1 is 1.26 bits per heavy atom. The molecule has 0 aliphatic carbocycles. The van der Waals surface area contributed by atoms with Gasteiger partial charge in [-0.05, 0) is 6.07 Å². The van der Waals surface area contributed by atoms with Gasteiger partial charge in [0, 0.05) is 18.3 Å². The van der Waals surface area contributed by atoms with E-state index in [4.69, 9.17) is 11.6 Å². The minimum Gasteiger partial charge on any atom is -0.289 e. The maximum atomic E-state index is 12.0. The second kappa shape index (κ2) is 5.71. The molecule has 0 saturated carbocycles. The molecule has 2 rings (SSSR count). The minimum atomic E-state index is -0.458. The van der Waals surface area contributed by atoms with Gasteiger partial charge >= 0.3 is 0 Å². The van der Waals surface area contributed by atoms with Crippen molar-refractivity contribution in [2.45, 2.75) is 19.8 Å². The highest BCUT2D eigenvalue weighted by atomic mass is 35.5. The van der Waals surface area contributed by atoms with Gasteiger partial charge in [0.15, 0.2) is 5.69 Å². The fourth-order valence-electron chi connectivity index (χ4n) is 1.34. The Bertz CT molecular complexity index is 588. The molecule has 0 spiro atoms. The second-order valence-electron chi connectivity index (χ2n) is 4.11. The molecule has 0 bridgehead atoms. The number of carbonyl (C=O) groups is 1. The van der Waals surface area contributed by atoms with E-state index in [9.17, 15) is 4.79 Å². The largest absolute Gasteiger partial charge is 0.289 e. The first-order valence-corrected chi connectivity index (χ1v) is 6.06. The summed E-state index contributed by atoms with van der Waals surface area (Å²) in [6, 6.07) is 1.66. The number of nitrogens with zero attached hydrogens (tertiary/aromatic N) is 4. The van der Waals surface area contributed by atoms with Crippen LogP contribution in [-0.2, 0) is 0 Å². The Labute approximate surface area is 115 Å². The van der Waals surface area contributed by atoms with Gasteiger partial charge in [-0.15, -0.1) is 0 Å². The van der Waals surface area contributed by atoms with Crippen LogP contribution in [-0.4, -0.2) is 25.8 Å². The summed E-state index contributed by atoms with van der Waals surface area (Å²) in [7, 11) is 0. The van der Waals surface area contributed by atoms with E-state index in [0.717, 1.165) is 0 Å². The summed E-state index contributed by atoms with van der Waals surface area (Å²) in [6.07, 6.45) is 4.48. The molecule has 1 amide bonds. The van der Waals surface area contributed by atoms with E-state index in [0.29, 0.717) is 5.82 Å². The molecule has 0 unspecified atom stereocenters. The van der Waals surface area contributed by atoms with Gasteiger partial charge in [-0.1, -0.05) is 25.4 Å². The van der Waals surface area contributed by atoms with Crippen molar-refractivity contribution >= 4 is 23.5 Å². The molecular weight excluding hydrogens is 266 g/mol. The Hall–Kier alpha value is -2.08. The SMILES string of the molecule is CC(C)c1ncc(Cl)c(C(=O)Nc2ncccn2)n1. The first kappa shape index (κ1) is 13.4. The van der Waals surface area contributed by atoms with E-state index < -0.39 is 5.91 Å². The van der Waals surface area contributed by atoms with Crippen LogP contribution < -0.4 is 5.32 Å². The van der Waals surface area contributed by atoms with Crippen LogP contribution in [0.25, 0.3) is 0 Å². The number of amides is 1. The Morgan fingerprint density at radius 2 is 1.95 bits per heavy atom. The van der Waals surface area contributed by atoms with Crippen LogP contribution in [0, 0.1) is 0 Å². The van der Waals surface area contributed by atoms with Crippen LogP contribution in [0.5, 0.6) is 0 Å². The number of aromatic nitrogens is 4. The Morgan fingerprint density at radius 3 is 2.58 bits per heavy atom. The molecule has 0 aliphatic heterocycles. The average molecular weight is 278 g/mol. The van der Waals surface area contributed by atoms with Gasteiger partial charge in [0.2, 0.25) is 5.95 Å². The first-order valence-electron chi connectivity index (χ1n) is 5.68. The van der Waals surface area contributed by atoms with Crippen molar-refractivity contribution in [3.63, 3.8) is 0 Å². The highest BCUT2D eigenvalue weighted by Crippen LogP contribution is 2.17.